The minimum absolute atomic E-state index is 0.000735. The predicted molar refractivity (Wildman–Crippen MR) is 67.8 cm³/mol. The number of nitrogens with two attached hydrogens (primary N) is 1. The number of carboxylic acid groups (broad SMARTS) is 1. The van der Waals surface area contributed by atoms with E-state index in [-0.39, 0.29) is 12.1 Å². The largest absolute Gasteiger partial charge is 0.480 e. The number of urea groups is 1. The molecule has 8 nitrogen and oxygen atoms in total. The first-order valence-corrected chi connectivity index (χ1v) is 6.64. The number of hydrogen-bond donors (Lipinski definition) is 3. The van der Waals surface area contributed by atoms with E-state index < -0.39 is 31.0 Å². The van der Waals surface area contributed by atoms with Crippen LogP contribution in [0.5, 0.6) is 0 Å². The lowest BCUT2D eigenvalue weighted by atomic mass is 10.1. The standard InChI is InChI=1S/C12H19N3O5/c13-9(16)5-15(6-10(17)18)12(19)14-8-3-4-20-11(8)7-1-2-7/h7-8,11H,1-6H2,(H2,13,16)(H,14,19)(H,17,18). The Hall–Kier alpha value is -1.83. The van der Waals surface area contributed by atoms with Gasteiger partial charge >= 0.3 is 12.0 Å². The first kappa shape index (κ1) is 14.6. The van der Waals surface area contributed by atoms with E-state index in [1.54, 1.807) is 0 Å². The second-order valence-corrected chi connectivity index (χ2v) is 5.23. The molecule has 2 aliphatic rings. The third-order valence-corrected chi connectivity index (χ3v) is 3.49. The van der Waals surface area contributed by atoms with Gasteiger partial charge in [-0.25, -0.2) is 4.79 Å². The third kappa shape index (κ3) is 3.83. The number of nitrogens with zero attached hydrogens (tertiary/aromatic N) is 1. The van der Waals surface area contributed by atoms with Crippen molar-refractivity contribution in [3.05, 3.63) is 0 Å². The molecule has 0 spiro atoms. The number of amides is 3. The summed E-state index contributed by atoms with van der Waals surface area (Å²) in [5, 5.41) is 11.5. The van der Waals surface area contributed by atoms with Crippen LogP contribution < -0.4 is 11.1 Å². The highest BCUT2D eigenvalue weighted by Gasteiger charge is 2.41. The van der Waals surface area contributed by atoms with Crippen LogP contribution in [0.2, 0.25) is 0 Å². The fourth-order valence-corrected chi connectivity index (χ4v) is 2.46. The highest BCUT2D eigenvalue weighted by Crippen LogP contribution is 2.38. The van der Waals surface area contributed by atoms with Gasteiger partial charge in [-0.2, -0.15) is 0 Å². The lowest BCUT2D eigenvalue weighted by Gasteiger charge is -2.24. The maximum absolute atomic E-state index is 12.0. The summed E-state index contributed by atoms with van der Waals surface area (Å²) in [5.41, 5.74) is 5.02. The lowest BCUT2D eigenvalue weighted by molar-refractivity contribution is -0.137. The molecule has 1 heterocycles. The van der Waals surface area contributed by atoms with Gasteiger partial charge in [0, 0.05) is 6.61 Å². The Labute approximate surface area is 116 Å². The molecule has 0 aromatic heterocycles. The van der Waals surface area contributed by atoms with Crippen molar-refractivity contribution in [3.8, 4) is 0 Å². The van der Waals surface area contributed by atoms with Gasteiger partial charge in [-0.05, 0) is 25.2 Å². The van der Waals surface area contributed by atoms with Gasteiger partial charge in [-0.3, -0.25) is 9.59 Å². The summed E-state index contributed by atoms with van der Waals surface area (Å²) in [5.74, 6) is -1.46. The summed E-state index contributed by atoms with van der Waals surface area (Å²) in [6.07, 6.45) is 2.89. The molecule has 1 aliphatic carbocycles. The number of hydrogen-bond acceptors (Lipinski definition) is 4. The Kier molecular flexibility index (Phi) is 4.43. The Morgan fingerprint density at radius 2 is 1.95 bits per heavy atom. The Balaban J connectivity index is 1.92. The number of nitrogens with one attached hydrogen (secondary N) is 1. The summed E-state index contributed by atoms with van der Waals surface area (Å²) >= 11 is 0. The van der Waals surface area contributed by atoms with Crippen molar-refractivity contribution in [1.29, 1.82) is 0 Å². The average molecular weight is 285 g/mol. The molecule has 20 heavy (non-hydrogen) atoms. The molecular weight excluding hydrogens is 266 g/mol. The van der Waals surface area contributed by atoms with Gasteiger partial charge in [-0.15, -0.1) is 0 Å². The zero-order valence-corrected chi connectivity index (χ0v) is 11.1. The molecule has 0 aromatic rings. The van der Waals surface area contributed by atoms with Crippen molar-refractivity contribution >= 4 is 17.9 Å². The number of carbonyl (C=O) groups is 3. The van der Waals surface area contributed by atoms with Crippen LogP contribution in [0.15, 0.2) is 0 Å². The van der Waals surface area contributed by atoms with Crippen LogP contribution in [0.1, 0.15) is 19.3 Å². The quantitative estimate of drug-likeness (QED) is 0.586. The van der Waals surface area contributed by atoms with Gasteiger partial charge in [0.1, 0.15) is 13.1 Å². The number of rotatable bonds is 6. The molecule has 2 atom stereocenters. The van der Waals surface area contributed by atoms with Crippen LogP contribution in [-0.4, -0.2) is 59.8 Å². The van der Waals surface area contributed by atoms with Crippen LogP contribution in [0.25, 0.3) is 0 Å². The number of aliphatic carboxylic acids is 1. The second kappa shape index (κ2) is 6.08. The molecule has 2 fully saturated rings. The number of carboxylic acids is 1. The van der Waals surface area contributed by atoms with Crippen molar-refractivity contribution in [2.75, 3.05) is 19.7 Å². The summed E-state index contributed by atoms with van der Waals surface area (Å²) in [4.78, 5) is 34.6. The summed E-state index contributed by atoms with van der Waals surface area (Å²) in [7, 11) is 0. The van der Waals surface area contributed by atoms with Gasteiger partial charge in [0.15, 0.2) is 0 Å². The normalized spacial score (nSPS) is 25.2. The third-order valence-electron chi connectivity index (χ3n) is 3.49. The maximum Gasteiger partial charge on any atom is 0.323 e. The van der Waals surface area contributed by atoms with E-state index in [0.717, 1.165) is 17.7 Å². The minimum Gasteiger partial charge on any atom is -0.480 e. The van der Waals surface area contributed by atoms with E-state index >= 15 is 0 Å². The van der Waals surface area contributed by atoms with Gasteiger partial charge < -0.3 is 25.8 Å². The molecule has 112 valence electrons. The molecule has 0 bridgehead atoms. The van der Waals surface area contributed by atoms with E-state index in [4.69, 9.17) is 15.6 Å². The second-order valence-electron chi connectivity index (χ2n) is 5.23. The monoisotopic (exact) mass is 285 g/mol. The summed E-state index contributed by atoms with van der Waals surface area (Å²) < 4.78 is 5.59. The maximum atomic E-state index is 12.0. The zero-order chi connectivity index (χ0) is 14.7. The topological polar surface area (TPSA) is 122 Å². The smallest absolute Gasteiger partial charge is 0.323 e. The molecule has 0 radical (unpaired) electrons. The van der Waals surface area contributed by atoms with Crippen molar-refractivity contribution in [2.24, 2.45) is 11.7 Å². The zero-order valence-electron chi connectivity index (χ0n) is 11.1. The van der Waals surface area contributed by atoms with Crippen LogP contribution in [0.3, 0.4) is 0 Å². The van der Waals surface area contributed by atoms with E-state index in [1.165, 1.54) is 0 Å². The minimum atomic E-state index is -1.19. The first-order chi connectivity index (χ1) is 9.47. The number of ether oxygens (including phenoxy) is 1. The van der Waals surface area contributed by atoms with Crippen molar-refractivity contribution in [1.82, 2.24) is 10.2 Å². The van der Waals surface area contributed by atoms with E-state index in [0.29, 0.717) is 18.9 Å². The van der Waals surface area contributed by atoms with Crippen LogP contribution in [-0.2, 0) is 14.3 Å². The SMILES string of the molecule is NC(=O)CN(CC(=O)O)C(=O)NC1CCOC1C1CC1. The molecular formula is C12H19N3O5. The lowest BCUT2D eigenvalue weighted by Crippen LogP contribution is -2.51. The van der Waals surface area contributed by atoms with Crippen LogP contribution in [0.4, 0.5) is 4.79 Å². The van der Waals surface area contributed by atoms with Crippen molar-refractivity contribution in [3.63, 3.8) is 0 Å². The fourth-order valence-electron chi connectivity index (χ4n) is 2.46. The van der Waals surface area contributed by atoms with Crippen LogP contribution in [0, 0.1) is 5.92 Å². The van der Waals surface area contributed by atoms with E-state index in [2.05, 4.69) is 5.32 Å². The molecule has 1 saturated carbocycles. The molecule has 8 heteroatoms. The molecule has 3 amide bonds. The summed E-state index contributed by atoms with van der Waals surface area (Å²) in [6.45, 7) is -0.392. The molecule has 1 saturated heterocycles. The Bertz CT molecular complexity index is 394. The van der Waals surface area contributed by atoms with Gasteiger partial charge in [-0.1, -0.05) is 0 Å². The molecule has 1 aliphatic heterocycles. The van der Waals surface area contributed by atoms with Gasteiger partial charge in [0.2, 0.25) is 5.91 Å². The van der Waals surface area contributed by atoms with Gasteiger partial charge in [0.25, 0.3) is 0 Å². The van der Waals surface area contributed by atoms with E-state index in [9.17, 15) is 14.4 Å². The van der Waals surface area contributed by atoms with Gasteiger partial charge in [0.05, 0.1) is 12.1 Å². The first-order valence-electron chi connectivity index (χ1n) is 6.64. The van der Waals surface area contributed by atoms with Crippen molar-refractivity contribution < 1.29 is 24.2 Å². The molecule has 4 N–H and O–H groups in total. The molecule has 2 unspecified atom stereocenters. The van der Waals surface area contributed by atoms with Crippen LogP contribution >= 0.6 is 0 Å². The highest BCUT2D eigenvalue weighted by molar-refractivity contribution is 5.86. The van der Waals surface area contributed by atoms with Crippen molar-refractivity contribution in [2.45, 2.75) is 31.4 Å². The number of primary amides is 1. The van der Waals surface area contributed by atoms with E-state index in [1.807, 2.05) is 0 Å². The average Bonchev–Trinajstić information content (AvgIpc) is 3.08. The number of carbonyl (C=O) groups excluding carboxylic acids is 2. The highest BCUT2D eigenvalue weighted by atomic mass is 16.5. The fraction of sp³-hybridized carbons (Fsp3) is 0.750. The molecule has 0 aromatic carbocycles. The Morgan fingerprint density at radius 3 is 2.50 bits per heavy atom. The predicted octanol–water partition coefficient (Wildman–Crippen LogP) is -0.865. The molecule has 2 rings (SSSR count). The summed E-state index contributed by atoms with van der Waals surface area (Å²) in [6, 6.07) is -0.716. The Morgan fingerprint density at radius 1 is 1.25 bits per heavy atom.